The minimum atomic E-state index is -0.205. The van der Waals surface area contributed by atoms with E-state index in [-0.39, 0.29) is 5.91 Å². The number of rotatable bonds is 5. The van der Waals surface area contributed by atoms with E-state index in [9.17, 15) is 4.79 Å². The quantitative estimate of drug-likeness (QED) is 0.662. The van der Waals surface area contributed by atoms with Gasteiger partial charge < -0.3 is 10.6 Å². The van der Waals surface area contributed by atoms with Gasteiger partial charge in [-0.2, -0.15) is 0 Å². The van der Waals surface area contributed by atoms with Crippen molar-refractivity contribution in [2.45, 2.75) is 32.1 Å². The number of unbranched alkanes of at least 4 members (excludes halogenated alkanes) is 1. The van der Waals surface area contributed by atoms with Crippen molar-refractivity contribution in [2.75, 3.05) is 20.1 Å². The summed E-state index contributed by atoms with van der Waals surface area (Å²) in [6.07, 6.45) is 4.51. The third-order valence-electron chi connectivity index (χ3n) is 2.46. The van der Waals surface area contributed by atoms with Crippen LogP contribution in [0.15, 0.2) is 4.99 Å². The van der Waals surface area contributed by atoms with Gasteiger partial charge in [0.2, 0.25) is 5.91 Å². The van der Waals surface area contributed by atoms with Crippen molar-refractivity contribution >= 4 is 11.7 Å². The Bertz CT molecular complexity index is 225. The van der Waals surface area contributed by atoms with Crippen molar-refractivity contribution in [1.29, 1.82) is 0 Å². The first-order chi connectivity index (χ1) is 6.70. The van der Waals surface area contributed by atoms with Crippen molar-refractivity contribution in [3.63, 3.8) is 0 Å². The van der Waals surface area contributed by atoms with E-state index in [4.69, 9.17) is 5.73 Å². The zero-order valence-electron chi connectivity index (χ0n) is 8.83. The minimum Gasteiger partial charge on any atom is -0.370 e. The Hall–Kier alpha value is -1.06. The lowest BCUT2D eigenvalue weighted by Crippen LogP contribution is -2.31. The van der Waals surface area contributed by atoms with E-state index in [0.29, 0.717) is 6.42 Å². The molecule has 1 amide bonds. The Morgan fingerprint density at radius 3 is 3.00 bits per heavy atom. The van der Waals surface area contributed by atoms with Crippen LogP contribution in [0.25, 0.3) is 0 Å². The Morgan fingerprint density at radius 1 is 1.57 bits per heavy atom. The highest BCUT2D eigenvalue weighted by atomic mass is 16.1. The second kappa shape index (κ2) is 5.62. The molecule has 4 nitrogen and oxygen atoms in total. The maximum absolute atomic E-state index is 10.5. The fraction of sp³-hybridized carbons (Fsp3) is 0.800. The van der Waals surface area contributed by atoms with Gasteiger partial charge in [0.25, 0.3) is 0 Å². The molecule has 0 aliphatic carbocycles. The lowest BCUT2D eigenvalue weighted by Gasteiger charge is -2.25. The minimum absolute atomic E-state index is 0.205. The molecule has 0 spiro atoms. The molecule has 1 aliphatic heterocycles. The standard InChI is InChI=1S/C10H19N3O/c1-13-8-4-7-12-10(13)6-3-2-5-9(11)14/h2-8H2,1H3,(H2,11,14). The number of carbonyl (C=O) groups excluding carboxylic acids is 1. The predicted molar refractivity (Wildman–Crippen MR) is 57.2 cm³/mol. The Kier molecular flexibility index (Phi) is 4.43. The zero-order chi connectivity index (χ0) is 10.4. The van der Waals surface area contributed by atoms with Gasteiger partial charge in [0.05, 0.1) is 5.84 Å². The van der Waals surface area contributed by atoms with Gasteiger partial charge in [-0.15, -0.1) is 0 Å². The average Bonchev–Trinajstić information content (AvgIpc) is 2.15. The molecular weight excluding hydrogens is 178 g/mol. The van der Waals surface area contributed by atoms with Crippen LogP contribution in [0.2, 0.25) is 0 Å². The average molecular weight is 197 g/mol. The Labute approximate surface area is 85.2 Å². The van der Waals surface area contributed by atoms with Crippen molar-refractivity contribution in [3.05, 3.63) is 0 Å². The molecule has 2 N–H and O–H groups in total. The summed E-state index contributed by atoms with van der Waals surface area (Å²) in [5.41, 5.74) is 5.06. The van der Waals surface area contributed by atoms with Gasteiger partial charge in [-0.1, -0.05) is 0 Å². The van der Waals surface area contributed by atoms with Crippen LogP contribution in [0.5, 0.6) is 0 Å². The maximum atomic E-state index is 10.5. The summed E-state index contributed by atoms with van der Waals surface area (Å²) in [7, 11) is 2.08. The summed E-state index contributed by atoms with van der Waals surface area (Å²) < 4.78 is 0. The molecular formula is C10H19N3O. The molecule has 0 saturated heterocycles. The van der Waals surface area contributed by atoms with Gasteiger partial charge in [0.1, 0.15) is 0 Å². The number of hydrogen-bond donors (Lipinski definition) is 1. The topological polar surface area (TPSA) is 58.7 Å². The fourth-order valence-corrected chi connectivity index (χ4v) is 1.62. The van der Waals surface area contributed by atoms with Gasteiger partial charge in [0, 0.05) is 33.0 Å². The van der Waals surface area contributed by atoms with Crippen molar-refractivity contribution in [1.82, 2.24) is 4.90 Å². The Balaban J connectivity index is 2.17. The molecule has 80 valence electrons. The molecule has 4 heteroatoms. The normalized spacial score (nSPS) is 16.6. The molecule has 1 rings (SSSR count). The lowest BCUT2D eigenvalue weighted by atomic mass is 10.1. The first kappa shape index (κ1) is 11.0. The maximum Gasteiger partial charge on any atom is 0.217 e. The number of hydrogen-bond acceptors (Lipinski definition) is 3. The molecule has 1 heterocycles. The van der Waals surface area contributed by atoms with Crippen molar-refractivity contribution < 1.29 is 4.79 Å². The van der Waals surface area contributed by atoms with Gasteiger partial charge in [-0.05, 0) is 19.3 Å². The fourth-order valence-electron chi connectivity index (χ4n) is 1.62. The lowest BCUT2D eigenvalue weighted by molar-refractivity contribution is -0.118. The number of amidine groups is 1. The number of nitrogens with two attached hydrogens (primary N) is 1. The highest BCUT2D eigenvalue weighted by molar-refractivity contribution is 5.82. The first-order valence-electron chi connectivity index (χ1n) is 5.23. The van der Waals surface area contributed by atoms with Gasteiger partial charge >= 0.3 is 0 Å². The van der Waals surface area contributed by atoms with Crippen LogP contribution in [0, 0.1) is 0 Å². The van der Waals surface area contributed by atoms with E-state index in [1.54, 1.807) is 0 Å². The third-order valence-corrected chi connectivity index (χ3v) is 2.46. The second-order valence-electron chi connectivity index (χ2n) is 3.75. The largest absolute Gasteiger partial charge is 0.370 e. The summed E-state index contributed by atoms with van der Waals surface area (Å²) in [5.74, 6) is 0.977. The SMILES string of the molecule is CN1CCCN=C1CCCCC(N)=O. The number of carbonyl (C=O) groups is 1. The Morgan fingerprint density at radius 2 is 2.36 bits per heavy atom. The number of nitrogens with zero attached hydrogens (tertiary/aromatic N) is 2. The summed E-state index contributed by atoms with van der Waals surface area (Å²) in [6, 6.07) is 0. The van der Waals surface area contributed by atoms with Gasteiger partial charge in [-0.3, -0.25) is 9.79 Å². The molecule has 14 heavy (non-hydrogen) atoms. The highest BCUT2D eigenvalue weighted by Crippen LogP contribution is 2.08. The molecule has 0 radical (unpaired) electrons. The van der Waals surface area contributed by atoms with E-state index in [1.807, 2.05) is 0 Å². The van der Waals surface area contributed by atoms with Crippen molar-refractivity contribution in [2.24, 2.45) is 10.7 Å². The van der Waals surface area contributed by atoms with Crippen LogP contribution in [0.1, 0.15) is 32.1 Å². The smallest absolute Gasteiger partial charge is 0.217 e. The van der Waals surface area contributed by atoms with Crippen LogP contribution in [0.3, 0.4) is 0 Å². The molecule has 0 bridgehead atoms. The first-order valence-corrected chi connectivity index (χ1v) is 5.23. The molecule has 0 fully saturated rings. The highest BCUT2D eigenvalue weighted by Gasteiger charge is 2.09. The van der Waals surface area contributed by atoms with E-state index in [0.717, 1.165) is 38.8 Å². The summed E-state index contributed by atoms with van der Waals surface area (Å²) in [4.78, 5) is 17.2. The van der Waals surface area contributed by atoms with Gasteiger partial charge in [-0.25, -0.2) is 0 Å². The molecule has 0 atom stereocenters. The molecule has 0 saturated carbocycles. The second-order valence-corrected chi connectivity index (χ2v) is 3.75. The number of aliphatic imine (C=N–C) groups is 1. The summed E-state index contributed by atoms with van der Waals surface area (Å²) in [6.45, 7) is 2.06. The number of amides is 1. The van der Waals surface area contributed by atoms with Crippen LogP contribution in [-0.4, -0.2) is 36.8 Å². The van der Waals surface area contributed by atoms with Gasteiger partial charge in [0.15, 0.2) is 0 Å². The van der Waals surface area contributed by atoms with E-state index in [1.165, 1.54) is 5.84 Å². The summed E-state index contributed by atoms with van der Waals surface area (Å²) >= 11 is 0. The van der Waals surface area contributed by atoms with E-state index in [2.05, 4.69) is 16.9 Å². The van der Waals surface area contributed by atoms with E-state index < -0.39 is 0 Å². The zero-order valence-corrected chi connectivity index (χ0v) is 8.83. The van der Waals surface area contributed by atoms with Crippen LogP contribution in [0.4, 0.5) is 0 Å². The van der Waals surface area contributed by atoms with Crippen LogP contribution in [-0.2, 0) is 4.79 Å². The third kappa shape index (κ3) is 3.77. The predicted octanol–water partition coefficient (Wildman–Crippen LogP) is 0.766. The molecule has 0 unspecified atom stereocenters. The summed E-state index contributed by atoms with van der Waals surface area (Å²) in [5, 5.41) is 0. The number of primary amides is 1. The monoisotopic (exact) mass is 197 g/mol. The molecule has 0 aromatic carbocycles. The van der Waals surface area contributed by atoms with E-state index >= 15 is 0 Å². The molecule has 1 aliphatic rings. The van der Waals surface area contributed by atoms with Crippen molar-refractivity contribution in [3.8, 4) is 0 Å². The molecule has 0 aromatic heterocycles. The van der Waals surface area contributed by atoms with Crippen LogP contribution >= 0.6 is 0 Å². The van der Waals surface area contributed by atoms with Crippen LogP contribution < -0.4 is 5.73 Å². The molecule has 0 aromatic rings.